The number of ether oxygens (including phenoxy) is 4. The fraction of sp³-hybridized carbons (Fsp3) is 0.553. The average molecular weight is 902 g/mol. The Bertz CT molecular complexity index is 2490. The molecule has 4 aliphatic carbocycles. The summed E-state index contributed by atoms with van der Waals surface area (Å²) in [6.07, 6.45) is 7.84. The van der Waals surface area contributed by atoms with Crippen molar-refractivity contribution in [3.63, 3.8) is 0 Å². The van der Waals surface area contributed by atoms with Crippen LogP contribution in [0.25, 0.3) is 22.0 Å². The maximum atomic E-state index is 15.1. The number of halogens is 1. The second kappa shape index (κ2) is 17.2. The van der Waals surface area contributed by atoms with Crippen LogP contribution in [-0.4, -0.2) is 98.0 Å². The number of nitrogens with one attached hydrogen (secondary N) is 3. The lowest BCUT2D eigenvalue weighted by Gasteiger charge is -2.33. The van der Waals surface area contributed by atoms with Crippen LogP contribution in [0.5, 0.6) is 17.4 Å². The lowest BCUT2D eigenvalue weighted by atomic mass is 9.88. The molecule has 9 rings (SSSR count). The molecular weight excluding hydrogens is 846 g/mol. The highest BCUT2D eigenvalue weighted by Gasteiger charge is 2.62. The summed E-state index contributed by atoms with van der Waals surface area (Å²) in [5.41, 5.74) is -0.739. The molecule has 4 amide bonds. The number of alkyl carbamates (subject to hydrolysis) is 1. The number of aromatic nitrogens is 1. The Hall–Kier alpha value is -5.45. The van der Waals surface area contributed by atoms with Gasteiger partial charge in [-0.1, -0.05) is 26.0 Å². The number of allylic oxidation sites excluding steroid dienone is 1. The molecule has 3 heterocycles. The van der Waals surface area contributed by atoms with Crippen molar-refractivity contribution in [1.82, 2.24) is 25.2 Å². The maximum Gasteiger partial charge on any atom is 0.408 e. The molecule has 0 spiro atoms. The number of carbonyl (C=O) groups is 4. The van der Waals surface area contributed by atoms with E-state index in [2.05, 4.69) is 22.3 Å². The van der Waals surface area contributed by atoms with Crippen LogP contribution < -0.4 is 29.6 Å². The highest BCUT2D eigenvalue weighted by molar-refractivity contribution is 7.91. The van der Waals surface area contributed by atoms with Gasteiger partial charge in [-0.05, 0) is 129 Å². The van der Waals surface area contributed by atoms with Crippen molar-refractivity contribution in [3.8, 4) is 28.6 Å². The Balaban J connectivity index is 1.06. The smallest absolute Gasteiger partial charge is 0.408 e. The van der Waals surface area contributed by atoms with Crippen molar-refractivity contribution in [2.45, 2.75) is 113 Å². The van der Waals surface area contributed by atoms with Gasteiger partial charge in [-0.3, -0.25) is 19.1 Å². The number of sulfonamides is 1. The average Bonchev–Trinajstić information content (AvgIpc) is 4.23. The quantitative estimate of drug-likeness (QED) is 0.209. The minimum Gasteiger partial charge on any atom is -0.497 e. The molecule has 2 aromatic carbocycles. The number of hydrogen-bond donors (Lipinski definition) is 3. The Morgan fingerprint density at radius 3 is 2.44 bits per heavy atom. The van der Waals surface area contributed by atoms with Crippen LogP contribution in [0.15, 0.2) is 54.6 Å². The van der Waals surface area contributed by atoms with E-state index in [4.69, 9.17) is 23.9 Å². The standard InChI is InChI=1S/C47H56FN5O10S/c1-25-7-5-6-8-31-23-47(31,45(56)52-64(58,59)35-11-12-35)51-42(54)39-22-34(24-53(39)44(55)41(26(2)15-25)50-46(57)63-33-17-28-16-29(28)18-33)62-43-36-13-10-32(60-3)19-30(36)21-38(49-43)27-9-14-40(61-4)37(48)20-27/h6,8-10,13-14,19-21,25-26,28-29,31,33-35,39,41H,5,7,11-12,15-18,22-24H2,1-4H3,(H,50,57)(H,51,54)(H,52,56)/b8-6-/t25-,26-,28-,29+,31-,33?,34-,39+,41+,47-/m1/s1. The molecule has 64 heavy (non-hydrogen) atoms. The van der Waals surface area contributed by atoms with Gasteiger partial charge in [-0.15, -0.1) is 0 Å². The van der Waals surface area contributed by atoms with Crippen molar-refractivity contribution in [3.05, 3.63) is 60.4 Å². The largest absolute Gasteiger partial charge is 0.497 e. The molecule has 4 saturated carbocycles. The predicted molar refractivity (Wildman–Crippen MR) is 233 cm³/mol. The van der Waals surface area contributed by atoms with Gasteiger partial charge in [-0.25, -0.2) is 22.6 Å². The summed E-state index contributed by atoms with van der Waals surface area (Å²) in [6.45, 7) is 3.89. The minimum absolute atomic E-state index is 0.0380. The van der Waals surface area contributed by atoms with Gasteiger partial charge in [0, 0.05) is 23.3 Å². The van der Waals surface area contributed by atoms with Crippen molar-refractivity contribution >= 4 is 44.6 Å². The van der Waals surface area contributed by atoms with Crippen LogP contribution in [0.1, 0.15) is 78.1 Å². The fourth-order valence-corrected chi connectivity index (χ4v) is 11.5. The van der Waals surface area contributed by atoms with Gasteiger partial charge in [0.05, 0.1) is 31.7 Å². The number of pyridine rings is 1. The van der Waals surface area contributed by atoms with Crippen LogP contribution in [0.3, 0.4) is 0 Å². The zero-order valence-electron chi connectivity index (χ0n) is 36.5. The third kappa shape index (κ3) is 8.96. The molecule has 5 fully saturated rings. The number of benzene rings is 2. The first-order valence-corrected chi connectivity index (χ1v) is 24.0. The van der Waals surface area contributed by atoms with E-state index in [9.17, 15) is 22.8 Å². The summed E-state index contributed by atoms with van der Waals surface area (Å²) < 4.78 is 66.5. The molecule has 342 valence electrons. The summed E-state index contributed by atoms with van der Waals surface area (Å²) in [4.78, 5) is 63.7. The normalized spacial score (nSPS) is 31.8. The summed E-state index contributed by atoms with van der Waals surface area (Å²) in [6, 6.07) is 9.32. The van der Waals surface area contributed by atoms with Gasteiger partial charge < -0.3 is 34.5 Å². The molecule has 6 aliphatic rings. The molecule has 17 heteroatoms. The van der Waals surface area contributed by atoms with E-state index in [-0.39, 0.29) is 49.0 Å². The third-order valence-corrected chi connectivity index (χ3v) is 15.9. The second-order valence-corrected chi connectivity index (χ2v) is 20.8. The van der Waals surface area contributed by atoms with Crippen molar-refractivity contribution in [2.75, 3.05) is 20.8 Å². The van der Waals surface area contributed by atoms with Gasteiger partial charge in [0.25, 0.3) is 5.91 Å². The van der Waals surface area contributed by atoms with Gasteiger partial charge in [0.1, 0.15) is 35.6 Å². The van der Waals surface area contributed by atoms with Crippen molar-refractivity contribution in [1.29, 1.82) is 0 Å². The number of nitrogens with zero attached hydrogens (tertiary/aromatic N) is 2. The van der Waals surface area contributed by atoms with E-state index in [1.54, 1.807) is 37.4 Å². The molecule has 0 bridgehead atoms. The maximum absolute atomic E-state index is 15.1. The molecule has 3 N–H and O–H groups in total. The molecule has 10 atom stereocenters. The molecule has 0 radical (unpaired) electrons. The van der Waals surface area contributed by atoms with E-state index in [0.29, 0.717) is 65.3 Å². The van der Waals surface area contributed by atoms with Crippen molar-refractivity contribution in [2.24, 2.45) is 29.6 Å². The fourth-order valence-electron chi connectivity index (χ4n) is 10.1. The number of amides is 4. The van der Waals surface area contributed by atoms with Crippen LogP contribution in [-0.2, 0) is 29.1 Å². The first-order valence-electron chi connectivity index (χ1n) is 22.5. The zero-order chi connectivity index (χ0) is 45.1. The van der Waals surface area contributed by atoms with E-state index in [1.807, 2.05) is 19.1 Å². The minimum atomic E-state index is -3.95. The topological polar surface area (TPSA) is 192 Å². The first kappa shape index (κ1) is 43.8. The number of carbonyl (C=O) groups excluding carboxylic acids is 4. The molecule has 3 aromatic rings. The predicted octanol–water partition coefficient (Wildman–Crippen LogP) is 5.80. The summed E-state index contributed by atoms with van der Waals surface area (Å²) in [5, 5.41) is 6.42. The Kier molecular flexibility index (Phi) is 11.7. The van der Waals surface area contributed by atoms with Crippen LogP contribution in [0.4, 0.5) is 9.18 Å². The van der Waals surface area contributed by atoms with Crippen molar-refractivity contribution < 1.29 is 50.9 Å². The summed E-state index contributed by atoms with van der Waals surface area (Å²) in [5.74, 6) is -1.36. The zero-order valence-corrected chi connectivity index (χ0v) is 37.3. The third-order valence-electron chi connectivity index (χ3n) is 14.1. The Labute approximate surface area is 372 Å². The first-order chi connectivity index (χ1) is 30.6. The lowest BCUT2D eigenvalue weighted by molar-refractivity contribution is -0.142. The highest BCUT2D eigenvalue weighted by atomic mass is 32.2. The molecule has 1 unspecified atom stereocenters. The SMILES string of the molecule is COc1ccc2c(O[C@@H]3C[C@H]4C(=O)N[C@]5(C(=O)NS(=O)(=O)C6CC6)C[C@H]5/C=C\CC[C@@H](C)C[C@@H](C)[C@H](NC(=O)OC5C[C@@H]6C[C@@H]6C5)C(=O)N4C3)nc(-c3ccc(OC)c(F)c3)cc2c1. The van der Waals surface area contributed by atoms with E-state index < -0.39 is 74.5 Å². The second-order valence-electron chi connectivity index (χ2n) is 18.9. The molecule has 1 saturated heterocycles. The number of hydrogen-bond acceptors (Lipinski definition) is 11. The monoisotopic (exact) mass is 901 g/mol. The lowest BCUT2D eigenvalue weighted by Crippen LogP contribution is -2.59. The van der Waals surface area contributed by atoms with Crippen LogP contribution >= 0.6 is 0 Å². The van der Waals surface area contributed by atoms with E-state index >= 15 is 9.18 Å². The number of methoxy groups -OCH3 is 2. The number of rotatable bonds is 10. The summed E-state index contributed by atoms with van der Waals surface area (Å²) >= 11 is 0. The van der Waals surface area contributed by atoms with Gasteiger partial charge >= 0.3 is 6.09 Å². The van der Waals surface area contributed by atoms with Crippen LogP contribution in [0.2, 0.25) is 0 Å². The van der Waals surface area contributed by atoms with Gasteiger partial charge in [0.15, 0.2) is 11.6 Å². The van der Waals surface area contributed by atoms with Crippen LogP contribution in [0, 0.1) is 35.4 Å². The highest BCUT2D eigenvalue weighted by Crippen LogP contribution is 2.52. The van der Waals surface area contributed by atoms with E-state index in [0.717, 1.165) is 25.7 Å². The molecule has 1 aromatic heterocycles. The molecular formula is C47H56FN5O10S. The Morgan fingerprint density at radius 2 is 1.72 bits per heavy atom. The molecule has 2 aliphatic heterocycles. The summed E-state index contributed by atoms with van der Waals surface area (Å²) in [7, 11) is -1.03. The van der Waals surface area contributed by atoms with Gasteiger partial charge in [-0.2, -0.15) is 0 Å². The van der Waals surface area contributed by atoms with Gasteiger partial charge in [0.2, 0.25) is 27.7 Å². The molecule has 15 nitrogen and oxygen atoms in total. The van der Waals surface area contributed by atoms with E-state index in [1.165, 1.54) is 24.1 Å². The number of fused-ring (bicyclic) bond motifs is 4. The Morgan fingerprint density at radius 1 is 0.938 bits per heavy atom.